The molecule has 1 aromatic heterocycles. The van der Waals surface area contributed by atoms with Gasteiger partial charge < -0.3 is 20.1 Å². The molecule has 0 bridgehead atoms. The van der Waals surface area contributed by atoms with E-state index in [1.54, 1.807) is 0 Å². The van der Waals surface area contributed by atoms with Crippen LogP contribution in [-0.2, 0) is 45.5 Å². The van der Waals surface area contributed by atoms with Crippen LogP contribution in [0.15, 0.2) is 97.1 Å². The second-order valence-electron chi connectivity index (χ2n) is 13.3. The zero-order valence-corrected chi connectivity index (χ0v) is 28.9. The van der Waals surface area contributed by atoms with Gasteiger partial charge in [0.2, 0.25) is 5.91 Å². The summed E-state index contributed by atoms with van der Waals surface area (Å²) in [4.78, 5) is 46.0. The van der Waals surface area contributed by atoms with Crippen LogP contribution >= 0.6 is 0 Å². The summed E-state index contributed by atoms with van der Waals surface area (Å²) in [6.45, 7) is 0.815. The van der Waals surface area contributed by atoms with Gasteiger partial charge in [0, 0.05) is 6.07 Å². The Labute approximate surface area is 299 Å². The second-order valence-corrected chi connectivity index (χ2v) is 13.3. The Morgan fingerprint density at radius 2 is 1.12 bits per heavy atom. The highest BCUT2D eigenvalue weighted by atomic mass is 16.6. The number of ether oxygens (including phenoxy) is 2. The minimum absolute atomic E-state index is 0.0386. The molecule has 1 heterocycles. The van der Waals surface area contributed by atoms with Gasteiger partial charge in [-0.1, -0.05) is 117 Å². The van der Waals surface area contributed by atoms with Crippen LogP contribution < -0.4 is 16.1 Å². The monoisotopic (exact) mass is 693 g/mol. The molecule has 11 nitrogen and oxygen atoms in total. The van der Waals surface area contributed by atoms with Gasteiger partial charge >= 0.3 is 0 Å². The molecule has 0 saturated heterocycles. The molecule has 4 atom stereocenters. The summed E-state index contributed by atoms with van der Waals surface area (Å²) in [6, 6.07) is 30.3. The van der Waals surface area contributed by atoms with E-state index in [-0.39, 0.29) is 54.7 Å². The summed E-state index contributed by atoms with van der Waals surface area (Å²) in [5.74, 6) is -1.37. The number of hydrogen-bond donors (Lipinski definition) is 3. The van der Waals surface area contributed by atoms with Gasteiger partial charge in [0.15, 0.2) is 5.69 Å². The topological polar surface area (TPSA) is 133 Å². The fraction of sp³-hybridized carbons (Fsp3) is 0.400. The smallest absolute Gasteiger partial charge is 0.295 e. The van der Waals surface area contributed by atoms with E-state index in [2.05, 4.69) is 21.2 Å². The number of aromatic nitrogens is 2. The Morgan fingerprint density at radius 3 is 1.67 bits per heavy atom. The molecule has 0 spiro atoms. The lowest BCUT2D eigenvalue weighted by Gasteiger charge is -2.32. The van der Waals surface area contributed by atoms with E-state index in [1.807, 2.05) is 91.0 Å². The number of nitrogens with one attached hydrogen (secondary N) is 3. The van der Waals surface area contributed by atoms with Crippen LogP contribution in [0.3, 0.4) is 0 Å². The average Bonchev–Trinajstić information content (AvgIpc) is 3.59. The van der Waals surface area contributed by atoms with Gasteiger partial charge in [-0.3, -0.25) is 19.2 Å². The lowest BCUT2D eigenvalue weighted by molar-refractivity contribution is -0.124. The maximum Gasteiger partial charge on any atom is 0.295 e. The van der Waals surface area contributed by atoms with E-state index in [0.717, 1.165) is 68.1 Å². The molecule has 2 aliphatic rings. The first-order valence-corrected chi connectivity index (χ1v) is 18.0. The fourth-order valence-electron chi connectivity index (χ4n) is 6.75. The van der Waals surface area contributed by atoms with Gasteiger partial charge in [-0.2, -0.15) is 5.10 Å². The normalized spacial score (nSPS) is 20.3. The third-order valence-corrected chi connectivity index (χ3v) is 9.47. The Morgan fingerprint density at radius 1 is 0.627 bits per heavy atom. The van der Waals surface area contributed by atoms with Crippen molar-refractivity contribution in [3.8, 4) is 0 Å². The van der Waals surface area contributed by atoms with Gasteiger partial charge in [0.1, 0.15) is 12.2 Å². The van der Waals surface area contributed by atoms with Crippen LogP contribution in [0.1, 0.15) is 89.0 Å². The minimum Gasteiger partial charge on any atom is -0.371 e. The zero-order valence-electron chi connectivity index (χ0n) is 28.9. The molecule has 2 saturated carbocycles. The van der Waals surface area contributed by atoms with Gasteiger partial charge in [0.05, 0.1) is 44.1 Å². The van der Waals surface area contributed by atoms with Crippen LogP contribution in [0.2, 0.25) is 0 Å². The SMILES string of the molecule is O=C(Cn1nc(C(=O)NOCc2ccccc2)cc1C(=O)N[C@H]1CCCC[C@@H]1OCc1ccccc1)N[C@H]1CCCC[C@@H]1OCc1ccccc1. The maximum absolute atomic E-state index is 13.9. The molecule has 3 N–H and O–H groups in total. The van der Waals surface area contributed by atoms with E-state index in [0.29, 0.717) is 13.2 Å². The van der Waals surface area contributed by atoms with E-state index in [9.17, 15) is 14.4 Å². The predicted octanol–water partition coefficient (Wildman–Crippen LogP) is 5.65. The molecule has 0 radical (unpaired) electrons. The summed E-state index contributed by atoms with van der Waals surface area (Å²) in [6.07, 6.45) is 6.87. The maximum atomic E-state index is 13.9. The van der Waals surface area contributed by atoms with Crippen molar-refractivity contribution in [1.29, 1.82) is 0 Å². The number of hydroxylamine groups is 1. The number of benzene rings is 3. The summed E-state index contributed by atoms with van der Waals surface area (Å²) in [5.41, 5.74) is 5.50. The Bertz CT molecular complexity index is 1700. The molecular weight excluding hydrogens is 646 g/mol. The van der Waals surface area contributed by atoms with E-state index in [1.165, 1.54) is 10.7 Å². The van der Waals surface area contributed by atoms with Crippen molar-refractivity contribution in [3.63, 3.8) is 0 Å². The molecular formula is C40H47N5O6. The molecule has 3 aromatic carbocycles. The first-order chi connectivity index (χ1) is 25.0. The van der Waals surface area contributed by atoms with Crippen molar-refractivity contribution < 1.29 is 28.7 Å². The van der Waals surface area contributed by atoms with Crippen molar-refractivity contribution in [2.24, 2.45) is 0 Å². The van der Waals surface area contributed by atoms with E-state index >= 15 is 0 Å². The average molecular weight is 694 g/mol. The lowest BCUT2D eigenvalue weighted by Crippen LogP contribution is -2.48. The van der Waals surface area contributed by atoms with Crippen molar-refractivity contribution in [3.05, 3.63) is 125 Å². The second kappa shape index (κ2) is 18.4. The largest absolute Gasteiger partial charge is 0.371 e. The fourth-order valence-corrected chi connectivity index (χ4v) is 6.75. The molecule has 0 aliphatic heterocycles. The van der Waals surface area contributed by atoms with E-state index in [4.69, 9.17) is 14.3 Å². The summed E-state index contributed by atoms with van der Waals surface area (Å²) in [5, 5.41) is 10.7. The molecule has 6 rings (SSSR count). The van der Waals surface area contributed by atoms with E-state index < -0.39 is 11.8 Å². The molecule has 0 unspecified atom stereocenters. The van der Waals surface area contributed by atoms with Crippen LogP contribution in [0.5, 0.6) is 0 Å². The Balaban J connectivity index is 1.13. The lowest BCUT2D eigenvalue weighted by atomic mass is 9.92. The van der Waals surface area contributed by atoms with Gasteiger partial charge in [0.25, 0.3) is 11.8 Å². The van der Waals surface area contributed by atoms with Crippen LogP contribution in [0.4, 0.5) is 0 Å². The summed E-state index contributed by atoms with van der Waals surface area (Å²) in [7, 11) is 0. The Kier molecular flexibility index (Phi) is 13.0. The molecule has 4 aromatic rings. The predicted molar refractivity (Wildman–Crippen MR) is 191 cm³/mol. The standard InChI is InChI=1S/C40H47N5O6/c46-38(41-32-20-10-12-22-36(32)49-26-29-14-4-1-5-15-29)25-45-35(24-34(43-45)39(47)44-51-28-31-18-8-3-9-19-31)40(48)42-33-21-11-13-23-37(33)50-27-30-16-6-2-7-17-30/h1-9,14-19,24,32-33,36-37H,10-13,20-23,25-28H2,(H,41,46)(H,42,48)(H,44,47)/t32-,33-,36-,37-/m0/s1. The third-order valence-electron chi connectivity index (χ3n) is 9.47. The van der Waals surface area contributed by atoms with Crippen molar-refractivity contribution in [2.75, 3.05) is 0 Å². The van der Waals surface area contributed by atoms with Crippen LogP contribution in [-0.4, -0.2) is 51.8 Å². The van der Waals surface area contributed by atoms with Crippen molar-refractivity contribution in [1.82, 2.24) is 25.9 Å². The molecule has 2 aliphatic carbocycles. The Hall–Kier alpha value is -4.84. The number of rotatable bonds is 15. The molecule has 11 heteroatoms. The third kappa shape index (κ3) is 10.6. The zero-order chi connectivity index (χ0) is 35.3. The summed E-state index contributed by atoms with van der Waals surface area (Å²) < 4.78 is 13.8. The molecule has 3 amide bonds. The van der Waals surface area contributed by atoms with Crippen LogP contribution in [0, 0.1) is 0 Å². The number of nitrogens with zero attached hydrogens (tertiary/aromatic N) is 2. The minimum atomic E-state index is -0.623. The molecule has 2 fully saturated rings. The number of carbonyl (C=O) groups is 3. The molecule has 51 heavy (non-hydrogen) atoms. The first-order valence-electron chi connectivity index (χ1n) is 18.0. The first kappa shape index (κ1) is 36.0. The number of hydrogen-bond acceptors (Lipinski definition) is 7. The molecule has 268 valence electrons. The quantitative estimate of drug-likeness (QED) is 0.137. The van der Waals surface area contributed by atoms with Crippen molar-refractivity contribution in [2.45, 2.75) is 102 Å². The van der Waals surface area contributed by atoms with Crippen LogP contribution in [0.25, 0.3) is 0 Å². The highest BCUT2D eigenvalue weighted by molar-refractivity contribution is 5.98. The highest BCUT2D eigenvalue weighted by Gasteiger charge is 2.31. The van der Waals surface area contributed by atoms with Crippen molar-refractivity contribution >= 4 is 17.7 Å². The number of amides is 3. The van der Waals surface area contributed by atoms with Gasteiger partial charge in [-0.05, 0) is 42.4 Å². The van der Waals surface area contributed by atoms with Gasteiger partial charge in [-0.15, -0.1) is 0 Å². The summed E-state index contributed by atoms with van der Waals surface area (Å²) >= 11 is 0. The number of carbonyl (C=O) groups excluding carboxylic acids is 3. The highest BCUT2D eigenvalue weighted by Crippen LogP contribution is 2.24. The van der Waals surface area contributed by atoms with Gasteiger partial charge in [-0.25, -0.2) is 10.2 Å².